The molecule has 0 amide bonds. The Bertz CT molecular complexity index is 2210. The van der Waals surface area contributed by atoms with E-state index in [1.165, 1.54) is 59.1 Å². The molecule has 1 aliphatic heterocycles. The number of hydrogen-bond acceptors (Lipinski definition) is 3. The van der Waals surface area contributed by atoms with Crippen molar-refractivity contribution in [2.24, 2.45) is 0 Å². The van der Waals surface area contributed by atoms with E-state index in [2.05, 4.69) is 151 Å². The maximum absolute atomic E-state index is 5.29. The highest BCUT2D eigenvalue weighted by Crippen LogP contribution is 2.53. The normalized spacial score (nSPS) is 17.3. The lowest BCUT2D eigenvalue weighted by Crippen LogP contribution is -2.29. The Morgan fingerprint density at radius 3 is 2.19 bits per heavy atom. The third-order valence-electron chi connectivity index (χ3n) is 8.81. The standard InChI is InChI=1S/C39H26N2S/c1-2-10-25(11-3-1)26-18-20-27(21-19-26)32-24-37(40-33-15-7-4-12-28(32)33)41-34-16-8-5-14-31(34)38-35(41)23-22-30-29-13-6-9-17-36(29)42-39(30)38/h1-24,31,34H. The van der Waals surface area contributed by atoms with Crippen LogP contribution in [-0.4, -0.2) is 11.0 Å². The van der Waals surface area contributed by atoms with E-state index in [-0.39, 0.29) is 12.0 Å². The molecule has 2 aliphatic rings. The molecule has 0 radical (unpaired) electrons. The molecule has 198 valence electrons. The number of thiophene rings is 1. The van der Waals surface area contributed by atoms with Gasteiger partial charge in [-0.1, -0.05) is 121 Å². The lowest BCUT2D eigenvalue weighted by Gasteiger charge is -2.28. The van der Waals surface area contributed by atoms with Gasteiger partial charge in [-0.15, -0.1) is 11.3 Å². The van der Waals surface area contributed by atoms with Crippen LogP contribution < -0.4 is 4.90 Å². The molecule has 0 saturated carbocycles. The summed E-state index contributed by atoms with van der Waals surface area (Å²) in [5.41, 5.74) is 8.55. The van der Waals surface area contributed by atoms with Crippen molar-refractivity contribution in [2.75, 3.05) is 4.90 Å². The van der Waals surface area contributed by atoms with Gasteiger partial charge in [0.1, 0.15) is 5.82 Å². The molecule has 5 aromatic carbocycles. The minimum atomic E-state index is 0.183. The highest BCUT2D eigenvalue weighted by Gasteiger charge is 2.40. The average molecular weight is 555 g/mol. The number of anilines is 2. The molecule has 1 aliphatic carbocycles. The van der Waals surface area contributed by atoms with Crippen LogP contribution in [0.25, 0.3) is 53.3 Å². The lowest BCUT2D eigenvalue weighted by molar-refractivity contribution is 0.742. The maximum Gasteiger partial charge on any atom is 0.134 e. The Morgan fingerprint density at radius 2 is 1.31 bits per heavy atom. The molecule has 7 aromatic rings. The van der Waals surface area contributed by atoms with Gasteiger partial charge in [0.15, 0.2) is 0 Å². The van der Waals surface area contributed by atoms with Gasteiger partial charge in [0, 0.05) is 42.7 Å². The van der Waals surface area contributed by atoms with Crippen molar-refractivity contribution in [3.63, 3.8) is 0 Å². The summed E-state index contributed by atoms with van der Waals surface area (Å²) in [7, 11) is 0. The van der Waals surface area contributed by atoms with E-state index >= 15 is 0 Å². The summed E-state index contributed by atoms with van der Waals surface area (Å²) in [5, 5.41) is 3.86. The molecule has 0 saturated heterocycles. The Labute approximate surface area is 248 Å². The number of pyridine rings is 1. The summed E-state index contributed by atoms with van der Waals surface area (Å²) in [4.78, 5) is 7.76. The largest absolute Gasteiger partial charge is 0.318 e. The number of allylic oxidation sites excluding steroid dienone is 2. The van der Waals surface area contributed by atoms with E-state index in [4.69, 9.17) is 4.98 Å². The Hall–Kier alpha value is -4.99. The first-order valence-electron chi connectivity index (χ1n) is 14.5. The number of hydrogen-bond donors (Lipinski definition) is 0. The van der Waals surface area contributed by atoms with Crippen LogP contribution in [0.1, 0.15) is 11.5 Å². The van der Waals surface area contributed by atoms with Crippen molar-refractivity contribution >= 4 is 53.9 Å². The van der Waals surface area contributed by atoms with Crippen LogP contribution in [0.3, 0.4) is 0 Å². The first kappa shape index (κ1) is 23.7. The van der Waals surface area contributed by atoms with E-state index in [1.54, 1.807) is 0 Å². The van der Waals surface area contributed by atoms with Gasteiger partial charge in [-0.25, -0.2) is 4.98 Å². The van der Waals surface area contributed by atoms with Crippen molar-refractivity contribution in [3.05, 3.63) is 151 Å². The van der Waals surface area contributed by atoms with E-state index in [0.717, 1.165) is 11.3 Å². The SMILES string of the molecule is C1=CC2c3c(ccc4c3sc3ccccc34)N(c3cc(-c4ccc(-c5ccccc5)cc4)c4ccccc4n3)C2C=C1. The fourth-order valence-electron chi connectivity index (χ4n) is 6.87. The van der Waals surface area contributed by atoms with Gasteiger partial charge in [-0.05, 0) is 46.5 Å². The summed E-state index contributed by atoms with van der Waals surface area (Å²) >= 11 is 1.92. The molecule has 0 spiro atoms. The van der Waals surface area contributed by atoms with Crippen molar-refractivity contribution in [1.29, 1.82) is 0 Å². The zero-order chi connectivity index (χ0) is 27.6. The Kier molecular flexibility index (Phi) is 5.23. The van der Waals surface area contributed by atoms with Gasteiger partial charge in [-0.2, -0.15) is 0 Å². The molecule has 2 atom stereocenters. The number of benzene rings is 5. The second kappa shape index (κ2) is 9.27. The third-order valence-corrected chi connectivity index (χ3v) is 10.0. The van der Waals surface area contributed by atoms with Crippen LogP contribution in [0.4, 0.5) is 11.5 Å². The number of rotatable bonds is 3. The number of para-hydroxylation sites is 1. The smallest absolute Gasteiger partial charge is 0.134 e. The van der Waals surface area contributed by atoms with Gasteiger partial charge in [0.05, 0.1) is 11.6 Å². The van der Waals surface area contributed by atoms with Crippen LogP contribution in [-0.2, 0) is 0 Å². The average Bonchev–Trinajstić information content (AvgIpc) is 3.60. The molecular formula is C39H26N2S. The molecule has 2 nitrogen and oxygen atoms in total. The van der Waals surface area contributed by atoms with Gasteiger partial charge >= 0.3 is 0 Å². The molecule has 3 heterocycles. The van der Waals surface area contributed by atoms with Crippen LogP contribution in [0.15, 0.2) is 146 Å². The van der Waals surface area contributed by atoms with Crippen LogP contribution in [0.2, 0.25) is 0 Å². The fourth-order valence-corrected chi connectivity index (χ4v) is 8.17. The van der Waals surface area contributed by atoms with E-state index in [1.807, 2.05) is 11.3 Å². The van der Waals surface area contributed by atoms with E-state index in [0.29, 0.717) is 0 Å². The predicted octanol–water partition coefficient (Wildman–Crippen LogP) is 10.7. The highest BCUT2D eigenvalue weighted by atomic mass is 32.1. The van der Waals surface area contributed by atoms with Crippen LogP contribution in [0.5, 0.6) is 0 Å². The van der Waals surface area contributed by atoms with Crippen molar-refractivity contribution in [3.8, 4) is 22.3 Å². The van der Waals surface area contributed by atoms with Gasteiger partial charge < -0.3 is 4.90 Å². The predicted molar refractivity (Wildman–Crippen MR) is 179 cm³/mol. The second-order valence-electron chi connectivity index (χ2n) is 11.1. The first-order valence-corrected chi connectivity index (χ1v) is 15.3. The summed E-state index contributed by atoms with van der Waals surface area (Å²) in [6, 6.07) is 44.0. The second-order valence-corrected chi connectivity index (χ2v) is 12.2. The van der Waals surface area contributed by atoms with Gasteiger partial charge in [0.2, 0.25) is 0 Å². The Balaban J connectivity index is 1.24. The van der Waals surface area contributed by atoms with Crippen molar-refractivity contribution in [2.45, 2.75) is 12.0 Å². The van der Waals surface area contributed by atoms with Crippen LogP contribution >= 0.6 is 11.3 Å². The number of aromatic nitrogens is 1. The summed E-state index contributed by atoms with van der Waals surface area (Å²) in [5.74, 6) is 1.27. The minimum Gasteiger partial charge on any atom is -0.318 e. The third kappa shape index (κ3) is 3.54. The molecular weight excluding hydrogens is 529 g/mol. The van der Waals surface area contributed by atoms with Gasteiger partial charge in [0.25, 0.3) is 0 Å². The van der Waals surface area contributed by atoms with Crippen LogP contribution in [0, 0.1) is 0 Å². The first-order chi connectivity index (χ1) is 20.8. The number of nitrogens with zero attached hydrogens (tertiary/aromatic N) is 2. The molecule has 2 aromatic heterocycles. The molecule has 42 heavy (non-hydrogen) atoms. The number of fused-ring (bicyclic) bond motifs is 8. The molecule has 0 fully saturated rings. The van der Waals surface area contributed by atoms with Gasteiger partial charge in [-0.3, -0.25) is 0 Å². The summed E-state index contributed by atoms with van der Waals surface area (Å²) in [6.07, 6.45) is 9.10. The van der Waals surface area contributed by atoms with E-state index in [9.17, 15) is 0 Å². The topological polar surface area (TPSA) is 16.1 Å². The lowest BCUT2D eigenvalue weighted by atomic mass is 9.90. The summed E-state index contributed by atoms with van der Waals surface area (Å²) < 4.78 is 2.74. The monoisotopic (exact) mass is 554 g/mol. The van der Waals surface area contributed by atoms with E-state index < -0.39 is 0 Å². The minimum absolute atomic E-state index is 0.183. The zero-order valence-corrected chi connectivity index (χ0v) is 23.6. The summed E-state index contributed by atoms with van der Waals surface area (Å²) in [6.45, 7) is 0. The zero-order valence-electron chi connectivity index (χ0n) is 22.8. The molecule has 0 bridgehead atoms. The quantitative estimate of drug-likeness (QED) is 0.216. The maximum atomic E-state index is 5.29. The molecule has 9 rings (SSSR count). The fraction of sp³-hybridized carbons (Fsp3) is 0.0513. The molecule has 0 N–H and O–H groups in total. The van der Waals surface area contributed by atoms with Crippen molar-refractivity contribution < 1.29 is 0 Å². The van der Waals surface area contributed by atoms with Crippen molar-refractivity contribution in [1.82, 2.24) is 4.98 Å². The molecule has 3 heteroatoms. The Morgan fingerprint density at radius 1 is 0.595 bits per heavy atom. The molecule has 2 unspecified atom stereocenters. The highest BCUT2D eigenvalue weighted by molar-refractivity contribution is 7.26.